The molecule has 0 bridgehead atoms. The Morgan fingerprint density at radius 3 is 2.34 bits per heavy atom. The highest BCUT2D eigenvalue weighted by atomic mass is 19.1. The van der Waals surface area contributed by atoms with Crippen molar-refractivity contribution >= 4 is 17.6 Å². The number of ether oxygens (including phenoxy) is 2. The molecule has 0 saturated carbocycles. The number of hydrogen-bond donors (Lipinski definition) is 1. The average molecular weight is 393 g/mol. The van der Waals surface area contributed by atoms with E-state index in [1.54, 1.807) is 42.5 Å². The van der Waals surface area contributed by atoms with Gasteiger partial charge in [0.1, 0.15) is 11.6 Å². The Morgan fingerprint density at radius 2 is 1.66 bits per heavy atom. The van der Waals surface area contributed by atoms with Gasteiger partial charge in [0.25, 0.3) is 5.91 Å². The monoisotopic (exact) mass is 393 g/mol. The van der Waals surface area contributed by atoms with E-state index in [2.05, 4.69) is 5.32 Å². The first-order valence-electron chi connectivity index (χ1n) is 8.95. The molecule has 5 nitrogen and oxygen atoms in total. The molecule has 0 saturated heterocycles. The van der Waals surface area contributed by atoms with Gasteiger partial charge in [-0.15, -0.1) is 0 Å². The summed E-state index contributed by atoms with van der Waals surface area (Å²) in [6.45, 7) is 1.88. The van der Waals surface area contributed by atoms with Crippen LogP contribution in [0.2, 0.25) is 0 Å². The minimum atomic E-state index is -1.27. The van der Waals surface area contributed by atoms with Gasteiger partial charge < -0.3 is 14.8 Å². The van der Waals surface area contributed by atoms with Crippen LogP contribution in [0.15, 0.2) is 72.8 Å². The van der Waals surface area contributed by atoms with Gasteiger partial charge in [-0.1, -0.05) is 48.5 Å². The van der Waals surface area contributed by atoms with Gasteiger partial charge in [-0.2, -0.15) is 0 Å². The highest BCUT2D eigenvalue weighted by Crippen LogP contribution is 2.28. The highest BCUT2D eigenvalue weighted by Gasteiger charge is 2.27. The largest absolute Gasteiger partial charge is 0.495 e. The lowest BCUT2D eigenvalue weighted by Gasteiger charge is -2.19. The summed E-state index contributed by atoms with van der Waals surface area (Å²) in [5, 5.41) is 2.74. The number of amides is 1. The zero-order valence-electron chi connectivity index (χ0n) is 16.0. The number of methoxy groups -OCH3 is 1. The van der Waals surface area contributed by atoms with Crippen molar-refractivity contribution in [2.75, 3.05) is 12.4 Å². The van der Waals surface area contributed by atoms with Gasteiger partial charge in [-0.3, -0.25) is 4.79 Å². The molecule has 0 radical (unpaired) electrons. The summed E-state index contributed by atoms with van der Waals surface area (Å²) in [6.07, 6.45) is -1.27. The summed E-state index contributed by atoms with van der Waals surface area (Å²) < 4.78 is 24.7. The maximum Gasteiger partial charge on any atom is 0.342 e. The van der Waals surface area contributed by atoms with Crippen LogP contribution in [0.25, 0.3) is 0 Å². The van der Waals surface area contributed by atoms with Crippen molar-refractivity contribution in [1.29, 1.82) is 0 Å². The van der Waals surface area contributed by atoms with Crippen LogP contribution >= 0.6 is 0 Å². The molecule has 1 atom stereocenters. The van der Waals surface area contributed by atoms with Crippen LogP contribution in [0.4, 0.5) is 10.1 Å². The second-order valence-corrected chi connectivity index (χ2v) is 6.37. The number of halogens is 1. The number of carbonyl (C=O) groups is 2. The zero-order valence-corrected chi connectivity index (χ0v) is 16.0. The van der Waals surface area contributed by atoms with Crippen LogP contribution < -0.4 is 10.1 Å². The number of benzene rings is 3. The SMILES string of the molecule is COc1ccc(C)cc1NC(=O)[C@H](OC(=O)c1ccccc1F)c1ccccc1. The molecule has 0 aliphatic carbocycles. The lowest BCUT2D eigenvalue weighted by molar-refractivity contribution is -0.125. The number of anilines is 1. The number of rotatable bonds is 6. The average Bonchev–Trinajstić information content (AvgIpc) is 2.73. The number of aryl methyl sites for hydroxylation is 1. The van der Waals surface area contributed by atoms with Crippen LogP contribution in [0, 0.1) is 12.7 Å². The molecule has 0 aliphatic rings. The van der Waals surface area contributed by atoms with Crippen molar-refractivity contribution in [1.82, 2.24) is 0 Å². The molecule has 1 amide bonds. The van der Waals surface area contributed by atoms with Gasteiger partial charge in [0.15, 0.2) is 0 Å². The molecule has 29 heavy (non-hydrogen) atoms. The molecule has 1 N–H and O–H groups in total. The van der Waals surface area contributed by atoms with E-state index in [0.29, 0.717) is 17.0 Å². The van der Waals surface area contributed by atoms with Gasteiger partial charge in [-0.05, 0) is 36.8 Å². The molecular formula is C23H20FNO4. The fourth-order valence-electron chi connectivity index (χ4n) is 2.82. The lowest BCUT2D eigenvalue weighted by atomic mass is 10.1. The lowest BCUT2D eigenvalue weighted by Crippen LogP contribution is -2.26. The molecule has 0 aliphatic heterocycles. The number of carbonyl (C=O) groups excluding carboxylic acids is 2. The number of esters is 1. The van der Waals surface area contributed by atoms with E-state index < -0.39 is 23.8 Å². The van der Waals surface area contributed by atoms with Crippen molar-refractivity contribution in [2.45, 2.75) is 13.0 Å². The summed E-state index contributed by atoms with van der Waals surface area (Å²) in [4.78, 5) is 25.5. The fourth-order valence-corrected chi connectivity index (χ4v) is 2.82. The van der Waals surface area contributed by atoms with Crippen molar-refractivity contribution in [3.05, 3.63) is 95.3 Å². The van der Waals surface area contributed by atoms with Crippen LogP contribution in [0.1, 0.15) is 27.6 Å². The molecule has 0 heterocycles. The molecule has 3 aromatic rings. The van der Waals surface area contributed by atoms with Crippen molar-refractivity contribution in [3.63, 3.8) is 0 Å². The van der Waals surface area contributed by atoms with E-state index in [1.165, 1.54) is 25.3 Å². The smallest absolute Gasteiger partial charge is 0.342 e. The van der Waals surface area contributed by atoms with Crippen molar-refractivity contribution in [2.24, 2.45) is 0 Å². The normalized spacial score (nSPS) is 11.4. The molecule has 0 unspecified atom stereocenters. The Bertz CT molecular complexity index is 1020. The minimum Gasteiger partial charge on any atom is -0.495 e. The second kappa shape index (κ2) is 9.01. The standard InChI is InChI=1S/C23H20FNO4/c1-15-12-13-20(28-2)19(14-15)25-22(26)21(16-8-4-3-5-9-16)29-23(27)17-10-6-7-11-18(17)24/h3-14,21H,1-2H3,(H,25,26)/t21-/m1/s1. The molecule has 0 fully saturated rings. The predicted octanol–water partition coefficient (Wildman–Crippen LogP) is 4.68. The van der Waals surface area contributed by atoms with E-state index in [4.69, 9.17) is 9.47 Å². The molecule has 0 aromatic heterocycles. The maximum atomic E-state index is 14.0. The quantitative estimate of drug-likeness (QED) is 0.618. The molecule has 3 rings (SSSR count). The Labute approximate surface area is 168 Å². The maximum absolute atomic E-state index is 14.0. The van der Waals surface area contributed by atoms with Crippen LogP contribution in [-0.2, 0) is 9.53 Å². The zero-order chi connectivity index (χ0) is 20.8. The van der Waals surface area contributed by atoms with E-state index in [0.717, 1.165) is 11.6 Å². The summed E-state index contributed by atoms with van der Waals surface area (Å²) >= 11 is 0. The number of nitrogens with one attached hydrogen (secondary N) is 1. The summed E-state index contributed by atoms with van der Waals surface area (Å²) in [7, 11) is 1.49. The van der Waals surface area contributed by atoms with Crippen LogP contribution in [0.5, 0.6) is 5.75 Å². The minimum absolute atomic E-state index is 0.241. The van der Waals surface area contributed by atoms with Crippen LogP contribution in [0.3, 0.4) is 0 Å². The first-order chi connectivity index (χ1) is 14.0. The first-order valence-corrected chi connectivity index (χ1v) is 8.95. The van der Waals surface area contributed by atoms with Crippen LogP contribution in [-0.4, -0.2) is 19.0 Å². The summed E-state index contributed by atoms with van der Waals surface area (Å²) in [5.41, 5.74) is 1.58. The highest BCUT2D eigenvalue weighted by molar-refractivity contribution is 5.99. The molecule has 6 heteroatoms. The molecule has 3 aromatic carbocycles. The van der Waals surface area contributed by atoms with E-state index in [-0.39, 0.29) is 5.56 Å². The summed E-state index contributed by atoms with van der Waals surface area (Å²) in [5.74, 6) is -1.76. The topological polar surface area (TPSA) is 64.6 Å². The third kappa shape index (κ3) is 4.79. The van der Waals surface area contributed by atoms with E-state index in [9.17, 15) is 14.0 Å². The molecule has 148 valence electrons. The summed E-state index contributed by atoms with van der Waals surface area (Å²) in [6, 6.07) is 19.3. The predicted molar refractivity (Wildman–Crippen MR) is 107 cm³/mol. The van der Waals surface area contributed by atoms with Gasteiger partial charge in [0, 0.05) is 5.56 Å². The molecular weight excluding hydrogens is 373 g/mol. The second-order valence-electron chi connectivity index (χ2n) is 6.37. The van der Waals surface area contributed by atoms with E-state index >= 15 is 0 Å². The Morgan fingerprint density at radius 1 is 0.966 bits per heavy atom. The third-order valence-corrected chi connectivity index (χ3v) is 4.27. The van der Waals surface area contributed by atoms with Gasteiger partial charge >= 0.3 is 5.97 Å². The first kappa shape index (κ1) is 20.1. The van der Waals surface area contributed by atoms with Gasteiger partial charge in [0.2, 0.25) is 6.10 Å². The third-order valence-electron chi connectivity index (χ3n) is 4.27. The molecule has 0 spiro atoms. The Hall–Kier alpha value is -3.67. The van der Waals surface area contributed by atoms with Gasteiger partial charge in [0.05, 0.1) is 18.4 Å². The van der Waals surface area contributed by atoms with E-state index in [1.807, 2.05) is 13.0 Å². The number of hydrogen-bond acceptors (Lipinski definition) is 4. The Balaban J connectivity index is 1.90. The fraction of sp³-hybridized carbons (Fsp3) is 0.130. The van der Waals surface area contributed by atoms with Gasteiger partial charge in [-0.25, -0.2) is 9.18 Å². The van der Waals surface area contributed by atoms with Crippen molar-refractivity contribution < 1.29 is 23.5 Å². The Kier molecular flexibility index (Phi) is 6.24. The van der Waals surface area contributed by atoms with Crippen molar-refractivity contribution in [3.8, 4) is 5.75 Å².